The highest BCUT2D eigenvalue weighted by molar-refractivity contribution is 7.93. The van der Waals surface area contributed by atoms with E-state index < -0.39 is 21.3 Å². The zero-order valence-corrected chi connectivity index (χ0v) is 24.3. The number of sulfonamides is 1. The summed E-state index contributed by atoms with van der Waals surface area (Å²) in [6.07, 6.45) is 3.49. The van der Waals surface area contributed by atoms with Crippen LogP contribution in [0.15, 0.2) is 40.3 Å². The highest BCUT2D eigenvalue weighted by Gasteiger charge is 2.31. The summed E-state index contributed by atoms with van der Waals surface area (Å²) < 4.78 is 37.8. The number of benzene rings is 1. The molecule has 0 radical (unpaired) electrons. The largest absolute Gasteiger partial charge is 0.486 e. The van der Waals surface area contributed by atoms with Gasteiger partial charge in [-0.1, -0.05) is 58.4 Å². The Morgan fingerprint density at radius 2 is 1.61 bits per heavy atom. The molecular formula is C28H43NO6S. The second-order valence-corrected chi connectivity index (χ2v) is 12.1. The van der Waals surface area contributed by atoms with E-state index in [2.05, 4.69) is 19.9 Å². The van der Waals surface area contributed by atoms with E-state index in [9.17, 15) is 18.0 Å². The minimum Gasteiger partial charge on any atom is -0.486 e. The van der Waals surface area contributed by atoms with Gasteiger partial charge in [-0.15, -0.1) is 0 Å². The normalized spacial score (nSPS) is 13.8. The number of aryl methyl sites for hydroxylation is 1. The lowest BCUT2D eigenvalue weighted by molar-refractivity contribution is -0.128. The van der Waals surface area contributed by atoms with Gasteiger partial charge in [0.05, 0.1) is 4.91 Å². The van der Waals surface area contributed by atoms with E-state index in [1.807, 2.05) is 57.5 Å². The molecule has 0 atom stereocenters. The molecule has 0 aliphatic rings. The van der Waals surface area contributed by atoms with Gasteiger partial charge < -0.3 is 9.47 Å². The van der Waals surface area contributed by atoms with Crippen LogP contribution in [-0.4, -0.2) is 40.4 Å². The molecule has 0 spiro atoms. The van der Waals surface area contributed by atoms with Crippen molar-refractivity contribution in [1.29, 1.82) is 0 Å². The second-order valence-electron chi connectivity index (χ2n) is 10.3. The van der Waals surface area contributed by atoms with Gasteiger partial charge in [-0.3, -0.25) is 9.59 Å². The van der Waals surface area contributed by atoms with Gasteiger partial charge in [0.1, 0.15) is 19.0 Å². The number of amides is 1. The SMILES string of the molecule is CCC(CC)(/C(C)=C/C(C)=C(\C)S(=O)(=O)NC(=O)COC)c1ccc(OCC(=O)C(C)(C)C)c(C)c1. The maximum absolute atomic E-state index is 12.6. The van der Waals surface area contributed by atoms with Crippen molar-refractivity contribution in [1.82, 2.24) is 4.72 Å². The second kappa shape index (κ2) is 12.7. The lowest BCUT2D eigenvalue weighted by Crippen LogP contribution is -2.33. The Morgan fingerprint density at radius 1 is 1.03 bits per heavy atom. The Kier molecular flexibility index (Phi) is 11.1. The van der Waals surface area contributed by atoms with Crippen molar-refractivity contribution in [3.05, 3.63) is 51.5 Å². The van der Waals surface area contributed by atoms with Crippen molar-refractivity contribution in [3.8, 4) is 5.75 Å². The summed E-state index contributed by atoms with van der Waals surface area (Å²) >= 11 is 0. The van der Waals surface area contributed by atoms with Gasteiger partial charge in [-0.05, 0) is 63.3 Å². The van der Waals surface area contributed by atoms with E-state index in [4.69, 9.17) is 9.47 Å². The predicted molar refractivity (Wildman–Crippen MR) is 144 cm³/mol. The molecule has 1 rings (SSSR count). The average Bonchev–Trinajstić information content (AvgIpc) is 2.78. The smallest absolute Gasteiger partial charge is 0.260 e. The van der Waals surface area contributed by atoms with Gasteiger partial charge in [0, 0.05) is 17.9 Å². The van der Waals surface area contributed by atoms with E-state index in [1.54, 1.807) is 6.92 Å². The number of carbonyl (C=O) groups excluding carboxylic acids is 2. The third-order valence-corrected chi connectivity index (χ3v) is 8.42. The van der Waals surface area contributed by atoms with Gasteiger partial charge in [-0.2, -0.15) is 0 Å². The van der Waals surface area contributed by atoms with Gasteiger partial charge in [0.15, 0.2) is 5.78 Å². The monoisotopic (exact) mass is 521 g/mol. The first-order valence-corrected chi connectivity index (χ1v) is 13.7. The minimum atomic E-state index is -3.98. The highest BCUT2D eigenvalue weighted by atomic mass is 32.2. The van der Waals surface area contributed by atoms with E-state index in [1.165, 1.54) is 14.0 Å². The van der Waals surface area contributed by atoms with Crippen LogP contribution in [0.4, 0.5) is 0 Å². The van der Waals surface area contributed by atoms with Crippen molar-refractivity contribution in [2.24, 2.45) is 5.41 Å². The summed E-state index contributed by atoms with van der Waals surface area (Å²) in [5.41, 5.74) is 2.80. The van der Waals surface area contributed by atoms with Crippen LogP contribution < -0.4 is 9.46 Å². The maximum atomic E-state index is 12.6. The summed E-state index contributed by atoms with van der Waals surface area (Å²) in [5.74, 6) is -0.0140. The van der Waals surface area contributed by atoms with Crippen LogP contribution in [-0.2, 0) is 29.8 Å². The number of allylic oxidation sites excluding steroid dienone is 4. The Balaban J connectivity index is 3.36. The highest BCUT2D eigenvalue weighted by Crippen LogP contribution is 2.41. The first kappa shape index (κ1) is 31.6. The van der Waals surface area contributed by atoms with Crippen LogP contribution in [0.2, 0.25) is 0 Å². The maximum Gasteiger partial charge on any atom is 0.260 e. The van der Waals surface area contributed by atoms with Gasteiger partial charge in [0.25, 0.3) is 15.9 Å². The van der Waals surface area contributed by atoms with Crippen LogP contribution in [0.25, 0.3) is 0 Å². The van der Waals surface area contributed by atoms with Crippen LogP contribution in [0.3, 0.4) is 0 Å². The molecule has 0 aliphatic heterocycles. The molecule has 1 amide bonds. The zero-order chi connectivity index (χ0) is 27.9. The summed E-state index contributed by atoms with van der Waals surface area (Å²) in [7, 11) is -2.65. The van der Waals surface area contributed by atoms with Crippen LogP contribution >= 0.6 is 0 Å². The lowest BCUT2D eigenvalue weighted by atomic mass is 9.70. The van der Waals surface area contributed by atoms with E-state index in [0.29, 0.717) is 11.3 Å². The van der Waals surface area contributed by atoms with Crippen molar-refractivity contribution < 1.29 is 27.5 Å². The van der Waals surface area contributed by atoms with Crippen molar-refractivity contribution >= 4 is 21.7 Å². The molecule has 0 saturated heterocycles. The molecule has 1 N–H and O–H groups in total. The van der Waals surface area contributed by atoms with E-state index in [-0.39, 0.29) is 29.3 Å². The topological polar surface area (TPSA) is 98.8 Å². The number of hydrogen-bond acceptors (Lipinski definition) is 6. The summed E-state index contributed by atoms with van der Waals surface area (Å²) in [4.78, 5) is 24.1. The average molecular weight is 522 g/mol. The van der Waals surface area contributed by atoms with Crippen LogP contribution in [0.1, 0.15) is 79.4 Å². The standard InChI is InChI=1S/C28H43NO6S/c1-11-28(12-2,21(5)15-19(3)22(6)36(32,33)29-26(31)18-34-10)23-13-14-24(20(4)16-23)35-17-25(30)27(7,8)9/h13-16H,11-12,17-18H2,1-10H3,(H,29,31)/b21-15+,22-19+. The summed E-state index contributed by atoms with van der Waals surface area (Å²) in [5, 5.41) is 0. The molecule has 0 fully saturated rings. The molecule has 1 aromatic carbocycles. The van der Waals surface area contributed by atoms with Crippen molar-refractivity contribution in [2.75, 3.05) is 20.3 Å². The fourth-order valence-corrected chi connectivity index (χ4v) is 5.07. The van der Waals surface area contributed by atoms with Crippen LogP contribution in [0.5, 0.6) is 5.75 Å². The Bertz CT molecular complexity index is 1120. The molecule has 202 valence electrons. The molecule has 8 heteroatoms. The number of hydrogen-bond donors (Lipinski definition) is 1. The molecule has 7 nitrogen and oxygen atoms in total. The lowest BCUT2D eigenvalue weighted by Gasteiger charge is -2.34. The van der Waals surface area contributed by atoms with Crippen molar-refractivity contribution in [3.63, 3.8) is 0 Å². The fraction of sp³-hybridized carbons (Fsp3) is 0.571. The number of rotatable bonds is 12. The Labute approximate surface area is 217 Å². The van der Waals surface area contributed by atoms with E-state index >= 15 is 0 Å². The van der Waals surface area contributed by atoms with Gasteiger partial charge >= 0.3 is 0 Å². The third kappa shape index (κ3) is 7.77. The molecular weight excluding hydrogens is 478 g/mol. The summed E-state index contributed by atoms with van der Waals surface area (Å²) in [6.45, 7) is 16.7. The zero-order valence-electron chi connectivity index (χ0n) is 23.5. The number of ether oxygens (including phenoxy) is 2. The molecule has 0 aliphatic carbocycles. The van der Waals surface area contributed by atoms with Gasteiger partial charge in [0.2, 0.25) is 0 Å². The third-order valence-electron chi connectivity index (χ3n) is 6.80. The predicted octanol–water partition coefficient (Wildman–Crippen LogP) is 5.38. The first-order chi connectivity index (χ1) is 16.5. The Morgan fingerprint density at radius 3 is 2.08 bits per heavy atom. The fourth-order valence-electron chi connectivity index (χ4n) is 4.08. The molecule has 36 heavy (non-hydrogen) atoms. The number of methoxy groups -OCH3 is 1. The number of carbonyl (C=O) groups is 2. The molecule has 0 bridgehead atoms. The van der Waals surface area contributed by atoms with E-state index in [0.717, 1.165) is 29.5 Å². The molecule has 0 saturated carbocycles. The summed E-state index contributed by atoms with van der Waals surface area (Å²) in [6, 6.07) is 5.99. The quantitative estimate of drug-likeness (QED) is 0.371. The minimum absolute atomic E-state index is 0.0218. The number of ketones is 1. The molecule has 0 unspecified atom stereocenters. The molecule has 0 heterocycles. The first-order valence-electron chi connectivity index (χ1n) is 12.2. The van der Waals surface area contributed by atoms with Gasteiger partial charge in [-0.25, -0.2) is 13.1 Å². The molecule has 1 aromatic rings. The Hall–Kier alpha value is -2.45. The number of nitrogens with one attached hydrogen (secondary N) is 1. The number of Topliss-reactive ketones (excluding diaryl/α,β-unsaturated/α-hetero) is 1. The van der Waals surface area contributed by atoms with Crippen LogP contribution in [0, 0.1) is 12.3 Å². The van der Waals surface area contributed by atoms with Crippen molar-refractivity contribution in [2.45, 2.75) is 80.6 Å². The molecule has 0 aromatic heterocycles.